The third kappa shape index (κ3) is 5.00. The number of aliphatic hydroxyl groups excluding tert-OH is 1. The lowest BCUT2D eigenvalue weighted by atomic mass is 9.74. The maximum atomic E-state index is 10.5. The number of benzene rings is 1. The summed E-state index contributed by atoms with van der Waals surface area (Å²) in [6.07, 6.45) is 9.83. The average Bonchev–Trinajstić information content (AvgIpc) is 3.26. The van der Waals surface area contributed by atoms with E-state index in [0.717, 1.165) is 57.4 Å². The molecule has 33 heavy (non-hydrogen) atoms. The Bertz CT molecular complexity index is 976. The van der Waals surface area contributed by atoms with E-state index in [0.29, 0.717) is 12.0 Å². The number of aromatic nitrogens is 1. The molecule has 0 amide bonds. The molecule has 1 saturated carbocycles. The van der Waals surface area contributed by atoms with Crippen molar-refractivity contribution in [3.8, 4) is 11.8 Å². The predicted octanol–water partition coefficient (Wildman–Crippen LogP) is 3.16. The van der Waals surface area contributed by atoms with Crippen molar-refractivity contribution < 1.29 is 10.2 Å². The number of hydrogen-bond acceptors (Lipinski definition) is 5. The Kier molecular flexibility index (Phi) is 6.80. The number of hydrogen-bond donors (Lipinski definition) is 2. The van der Waals surface area contributed by atoms with E-state index in [1.165, 1.54) is 24.0 Å². The summed E-state index contributed by atoms with van der Waals surface area (Å²) < 4.78 is 0. The minimum atomic E-state index is -0.800. The van der Waals surface area contributed by atoms with Crippen molar-refractivity contribution in [2.24, 2.45) is 0 Å². The molecule has 3 heterocycles. The molecule has 3 atom stereocenters. The van der Waals surface area contributed by atoms with Crippen LogP contribution in [0.3, 0.4) is 0 Å². The summed E-state index contributed by atoms with van der Waals surface area (Å²) in [7, 11) is 0. The van der Waals surface area contributed by atoms with Crippen LogP contribution in [0.1, 0.15) is 61.1 Å². The lowest BCUT2D eigenvalue weighted by Crippen LogP contribution is -2.67. The van der Waals surface area contributed by atoms with Crippen LogP contribution in [-0.4, -0.2) is 68.9 Å². The van der Waals surface area contributed by atoms with Gasteiger partial charge in [0.05, 0.1) is 6.61 Å². The smallest absolute Gasteiger partial charge is 0.125 e. The predicted molar refractivity (Wildman–Crippen MR) is 130 cm³/mol. The van der Waals surface area contributed by atoms with Gasteiger partial charge in [-0.1, -0.05) is 30.0 Å². The molecule has 1 aromatic heterocycles. The van der Waals surface area contributed by atoms with E-state index in [-0.39, 0.29) is 12.6 Å². The van der Waals surface area contributed by atoms with Crippen molar-refractivity contribution in [1.29, 1.82) is 0 Å². The van der Waals surface area contributed by atoms with Crippen LogP contribution in [0.25, 0.3) is 0 Å². The van der Waals surface area contributed by atoms with Crippen LogP contribution in [0.15, 0.2) is 48.8 Å². The largest absolute Gasteiger partial charge is 0.395 e. The van der Waals surface area contributed by atoms with E-state index in [9.17, 15) is 10.2 Å². The topological polar surface area (TPSA) is 59.8 Å². The van der Waals surface area contributed by atoms with E-state index in [2.05, 4.69) is 57.0 Å². The Morgan fingerprint density at radius 1 is 1.03 bits per heavy atom. The van der Waals surface area contributed by atoms with Crippen molar-refractivity contribution in [1.82, 2.24) is 14.8 Å². The van der Waals surface area contributed by atoms with Gasteiger partial charge in [0, 0.05) is 49.0 Å². The second-order valence-electron chi connectivity index (χ2n) is 10.00. The lowest BCUT2D eigenvalue weighted by molar-refractivity contribution is -0.0655. The average molecular weight is 446 g/mol. The van der Waals surface area contributed by atoms with Crippen molar-refractivity contribution in [2.45, 2.75) is 68.7 Å². The van der Waals surface area contributed by atoms with Crippen LogP contribution < -0.4 is 0 Å². The van der Waals surface area contributed by atoms with Crippen LogP contribution in [0.5, 0.6) is 0 Å². The van der Waals surface area contributed by atoms with Crippen LogP contribution in [0.2, 0.25) is 0 Å². The second-order valence-corrected chi connectivity index (χ2v) is 10.00. The van der Waals surface area contributed by atoms with Gasteiger partial charge in [0.2, 0.25) is 0 Å². The molecule has 3 aliphatic rings. The van der Waals surface area contributed by atoms with E-state index in [1.807, 2.05) is 18.5 Å². The van der Waals surface area contributed by atoms with Crippen molar-refractivity contribution >= 4 is 0 Å². The summed E-state index contributed by atoms with van der Waals surface area (Å²) in [5, 5.41) is 20.7. The first kappa shape index (κ1) is 22.6. The van der Waals surface area contributed by atoms with Gasteiger partial charge in [0.15, 0.2) is 0 Å². The Morgan fingerprint density at radius 3 is 2.55 bits per heavy atom. The highest BCUT2D eigenvalue weighted by Crippen LogP contribution is 2.42. The molecule has 5 heteroatoms. The second kappa shape index (κ2) is 9.95. The van der Waals surface area contributed by atoms with Gasteiger partial charge in [0.25, 0.3) is 0 Å². The zero-order valence-corrected chi connectivity index (χ0v) is 19.4. The molecule has 1 aromatic carbocycles. The molecule has 2 saturated heterocycles. The highest BCUT2D eigenvalue weighted by molar-refractivity contribution is 5.40. The van der Waals surface area contributed by atoms with Gasteiger partial charge in [-0.05, 0) is 80.9 Å². The fourth-order valence-corrected chi connectivity index (χ4v) is 5.97. The number of nitrogens with zero attached hydrogens (tertiary/aromatic N) is 3. The summed E-state index contributed by atoms with van der Waals surface area (Å²) in [5.41, 5.74) is 2.69. The molecule has 5 nitrogen and oxygen atoms in total. The number of fused-ring (bicyclic) bond motifs is 1. The van der Waals surface area contributed by atoms with E-state index >= 15 is 0 Å². The van der Waals surface area contributed by atoms with Gasteiger partial charge >= 0.3 is 0 Å². The molecular weight excluding hydrogens is 410 g/mol. The fraction of sp³-hybridized carbons (Fsp3) is 0.536. The maximum absolute atomic E-state index is 10.5. The summed E-state index contributed by atoms with van der Waals surface area (Å²) in [5.74, 6) is 6.62. The zero-order chi connectivity index (χ0) is 22.7. The first-order valence-corrected chi connectivity index (χ1v) is 12.5. The van der Waals surface area contributed by atoms with Crippen molar-refractivity contribution in [2.75, 3.05) is 26.2 Å². The van der Waals surface area contributed by atoms with Crippen LogP contribution >= 0.6 is 0 Å². The minimum absolute atomic E-state index is 0.185. The molecule has 2 aliphatic heterocycles. The van der Waals surface area contributed by atoms with Gasteiger partial charge in [-0.15, -0.1) is 0 Å². The first-order chi connectivity index (χ1) is 16.1. The molecule has 0 unspecified atom stereocenters. The fourth-order valence-electron chi connectivity index (χ4n) is 5.97. The van der Waals surface area contributed by atoms with Gasteiger partial charge < -0.3 is 10.2 Å². The number of pyridine rings is 1. The standard InChI is InChI=1S/C28H35N3O2/c32-21-26-27(24-9-7-22(8-10-24)11-14-28(33)12-1-2-13-28)25-20-30(16-3-4-17-31(25)26)19-23-6-5-15-29-18-23/h5-10,15,18,25-27,32-33H,1-4,12-13,16-17,19-21H2/t25-,26+,27-/m1/s1. The molecule has 2 aromatic rings. The number of aliphatic hydroxyl groups is 2. The quantitative estimate of drug-likeness (QED) is 0.708. The summed E-state index contributed by atoms with van der Waals surface area (Å²) in [6, 6.07) is 13.3. The van der Waals surface area contributed by atoms with Crippen molar-refractivity contribution in [3.05, 3.63) is 65.5 Å². The highest BCUT2D eigenvalue weighted by atomic mass is 16.3. The molecule has 174 valence electrons. The van der Waals surface area contributed by atoms with Crippen LogP contribution in [-0.2, 0) is 6.54 Å². The minimum Gasteiger partial charge on any atom is -0.395 e. The van der Waals surface area contributed by atoms with Crippen LogP contribution in [0, 0.1) is 11.8 Å². The molecule has 2 N–H and O–H groups in total. The zero-order valence-electron chi connectivity index (χ0n) is 19.4. The SMILES string of the molecule is OC[C@H]1[C@H](c2ccc(C#CC3(O)CCCC3)cc2)[C@H]2CN(Cc3cccnc3)CCCCN21. The maximum Gasteiger partial charge on any atom is 0.125 e. The highest BCUT2D eigenvalue weighted by Gasteiger charge is 2.49. The molecule has 0 radical (unpaired) electrons. The summed E-state index contributed by atoms with van der Waals surface area (Å²) in [6.45, 7) is 4.29. The molecule has 5 rings (SSSR count). The monoisotopic (exact) mass is 445 g/mol. The number of rotatable bonds is 4. The molecule has 0 spiro atoms. The van der Waals surface area contributed by atoms with E-state index in [4.69, 9.17) is 0 Å². The van der Waals surface area contributed by atoms with Gasteiger partial charge in [-0.25, -0.2) is 0 Å². The molecule has 0 bridgehead atoms. The third-order valence-electron chi connectivity index (χ3n) is 7.75. The van der Waals surface area contributed by atoms with Crippen LogP contribution in [0.4, 0.5) is 0 Å². The van der Waals surface area contributed by atoms with Gasteiger partial charge in [-0.2, -0.15) is 0 Å². The normalized spacial score (nSPS) is 27.5. The summed E-state index contributed by atoms with van der Waals surface area (Å²) in [4.78, 5) is 9.35. The first-order valence-electron chi connectivity index (χ1n) is 12.5. The third-order valence-corrected chi connectivity index (χ3v) is 7.75. The Balaban J connectivity index is 1.31. The molecule has 3 fully saturated rings. The summed E-state index contributed by atoms with van der Waals surface area (Å²) >= 11 is 0. The Labute approximate surface area is 197 Å². The van der Waals surface area contributed by atoms with E-state index < -0.39 is 5.60 Å². The van der Waals surface area contributed by atoms with E-state index in [1.54, 1.807) is 0 Å². The van der Waals surface area contributed by atoms with Gasteiger partial charge in [-0.3, -0.25) is 14.8 Å². The van der Waals surface area contributed by atoms with Gasteiger partial charge in [0.1, 0.15) is 5.60 Å². The molecule has 1 aliphatic carbocycles. The lowest BCUT2D eigenvalue weighted by Gasteiger charge is -2.57. The Hall–Kier alpha value is -2.23. The van der Waals surface area contributed by atoms with Crippen molar-refractivity contribution in [3.63, 3.8) is 0 Å². The molecular formula is C28H35N3O2. The Morgan fingerprint density at radius 2 is 1.82 bits per heavy atom.